The van der Waals surface area contributed by atoms with E-state index in [4.69, 9.17) is 9.47 Å². The average molecular weight is 412 g/mol. The second-order valence-corrected chi connectivity index (χ2v) is 7.74. The van der Waals surface area contributed by atoms with Gasteiger partial charge in [0.25, 0.3) is 0 Å². The van der Waals surface area contributed by atoms with Crippen molar-refractivity contribution in [1.82, 2.24) is 14.8 Å². The number of hydrogen-bond acceptors (Lipinski definition) is 5. The molecule has 30 heavy (non-hydrogen) atoms. The van der Waals surface area contributed by atoms with Crippen LogP contribution in [0.15, 0.2) is 36.5 Å². The molecule has 3 heterocycles. The Hall–Kier alpha value is -3.00. The summed E-state index contributed by atoms with van der Waals surface area (Å²) < 4.78 is 12.6. The molecule has 1 atom stereocenters. The van der Waals surface area contributed by atoms with Crippen molar-refractivity contribution in [2.75, 3.05) is 31.7 Å². The van der Waals surface area contributed by atoms with Crippen molar-refractivity contribution in [3.63, 3.8) is 0 Å². The van der Waals surface area contributed by atoms with Crippen LogP contribution in [-0.4, -0.2) is 47.7 Å². The Balaban J connectivity index is 1.39. The number of nitrogens with one attached hydrogen (secondary N) is 2. The maximum Gasteiger partial charge on any atom is 0.313 e. The Bertz CT molecular complexity index is 902. The predicted molar refractivity (Wildman–Crippen MR) is 112 cm³/mol. The minimum Gasteiger partial charge on any atom is -0.454 e. The summed E-state index contributed by atoms with van der Waals surface area (Å²) in [5, 5.41) is 5.45. The van der Waals surface area contributed by atoms with Gasteiger partial charge in [-0.25, -0.2) is 0 Å². The fraction of sp³-hybridized carbons (Fsp3) is 0.455. The van der Waals surface area contributed by atoms with Crippen molar-refractivity contribution in [2.24, 2.45) is 7.05 Å². The normalized spacial score (nSPS) is 17.2. The number of amides is 2. The van der Waals surface area contributed by atoms with Gasteiger partial charge in [0.2, 0.25) is 6.79 Å². The number of carbonyl (C=O) groups excluding carboxylic acids is 2. The lowest BCUT2D eigenvalue weighted by Crippen LogP contribution is -2.42. The standard InChI is InChI=1S/C22H28N4O4/c1-25-10-6-7-17(25)18(26-11-4-2-3-5-12-26)14-23-21(27)22(28)24-16-8-9-19-20(13-16)30-15-29-19/h6-10,13,18H,2-5,11-12,14-15H2,1H3,(H,23,27)(H,24,28). The van der Waals surface area contributed by atoms with Gasteiger partial charge in [-0.3, -0.25) is 14.5 Å². The Labute approximate surface area is 176 Å². The van der Waals surface area contributed by atoms with Gasteiger partial charge >= 0.3 is 11.8 Å². The van der Waals surface area contributed by atoms with Crippen molar-refractivity contribution in [2.45, 2.75) is 31.7 Å². The molecule has 0 aliphatic carbocycles. The summed E-state index contributed by atoms with van der Waals surface area (Å²) >= 11 is 0. The zero-order chi connectivity index (χ0) is 20.9. The molecule has 0 radical (unpaired) electrons. The van der Waals surface area contributed by atoms with Crippen LogP contribution in [0.3, 0.4) is 0 Å². The van der Waals surface area contributed by atoms with Crippen LogP contribution in [0.5, 0.6) is 11.5 Å². The monoisotopic (exact) mass is 412 g/mol. The molecule has 2 aliphatic heterocycles. The van der Waals surface area contributed by atoms with E-state index in [1.165, 1.54) is 12.8 Å². The highest BCUT2D eigenvalue weighted by molar-refractivity contribution is 6.39. The second kappa shape index (κ2) is 9.21. The van der Waals surface area contributed by atoms with Crippen molar-refractivity contribution < 1.29 is 19.1 Å². The van der Waals surface area contributed by atoms with Crippen LogP contribution in [0.4, 0.5) is 5.69 Å². The van der Waals surface area contributed by atoms with Crippen LogP contribution >= 0.6 is 0 Å². The lowest BCUT2D eigenvalue weighted by atomic mass is 10.1. The topological polar surface area (TPSA) is 84.8 Å². The number of ether oxygens (including phenoxy) is 2. The molecule has 2 aliphatic rings. The van der Waals surface area contributed by atoms with E-state index in [2.05, 4.69) is 26.2 Å². The summed E-state index contributed by atoms with van der Waals surface area (Å²) in [5.74, 6) is -0.171. The molecule has 1 saturated heterocycles. The molecule has 0 saturated carbocycles. The number of fused-ring (bicyclic) bond motifs is 1. The van der Waals surface area contributed by atoms with Crippen LogP contribution < -0.4 is 20.1 Å². The highest BCUT2D eigenvalue weighted by Gasteiger charge is 2.25. The van der Waals surface area contributed by atoms with Gasteiger partial charge in [-0.05, 0) is 50.2 Å². The predicted octanol–water partition coefficient (Wildman–Crippen LogP) is 2.43. The Kier molecular flexibility index (Phi) is 6.23. The van der Waals surface area contributed by atoms with Crippen molar-refractivity contribution in [3.05, 3.63) is 42.2 Å². The van der Waals surface area contributed by atoms with E-state index in [9.17, 15) is 9.59 Å². The van der Waals surface area contributed by atoms with Gasteiger partial charge in [0.15, 0.2) is 11.5 Å². The smallest absolute Gasteiger partial charge is 0.313 e. The Morgan fingerprint density at radius 2 is 1.80 bits per heavy atom. The zero-order valence-corrected chi connectivity index (χ0v) is 17.2. The van der Waals surface area contributed by atoms with E-state index in [1.54, 1.807) is 18.2 Å². The molecule has 1 fully saturated rings. The van der Waals surface area contributed by atoms with Crippen LogP contribution in [0.1, 0.15) is 37.4 Å². The maximum absolute atomic E-state index is 12.5. The largest absolute Gasteiger partial charge is 0.454 e. The van der Waals surface area contributed by atoms with Gasteiger partial charge in [0.1, 0.15) is 0 Å². The number of anilines is 1. The van der Waals surface area contributed by atoms with Gasteiger partial charge in [0.05, 0.1) is 6.04 Å². The maximum atomic E-state index is 12.5. The van der Waals surface area contributed by atoms with Crippen molar-refractivity contribution >= 4 is 17.5 Å². The third-order valence-corrected chi connectivity index (χ3v) is 5.70. The van der Waals surface area contributed by atoms with E-state index in [-0.39, 0.29) is 12.8 Å². The van der Waals surface area contributed by atoms with Crippen LogP contribution in [0.25, 0.3) is 0 Å². The molecule has 8 nitrogen and oxygen atoms in total. The van der Waals surface area contributed by atoms with E-state index in [1.807, 2.05) is 19.3 Å². The molecule has 1 unspecified atom stereocenters. The molecule has 0 bridgehead atoms. The lowest BCUT2D eigenvalue weighted by Gasteiger charge is -2.31. The third kappa shape index (κ3) is 4.59. The van der Waals surface area contributed by atoms with Crippen LogP contribution in [0, 0.1) is 0 Å². The number of benzene rings is 1. The summed E-state index contributed by atoms with van der Waals surface area (Å²) in [5.41, 5.74) is 1.62. The quantitative estimate of drug-likeness (QED) is 0.737. The molecule has 2 aromatic rings. The minimum absolute atomic E-state index is 0.0328. The van der Waals surface area contributed by atoms with E-state index >= 15 is 0 Å². The fourth-order valence-corrected chi connectivity index (χ4v) is 4.08. The second-order valence-electron chi connectivity index (χ2n) is 7.74. The first kappa shape index (κ1) is 20.3. The zero-order valence-electron chi connectivity index (χ0n) is 17.2. The summed E-state index contributed by atoms with van der Waals surface area (Å²) in [6.45, 7) is 2.53. The van der Waals surface area contributed by atoms with E-state index in [0.717, 1.165) is 31.6 Å². The molecule has 8 heteroatoms. The van der Waals surface area contributed by atoms with Crippen LogP contribution in [0.2, 0.25) is 0 Å². The van der Waals surface area contributed by atoms with Crippen molar-refractivity contribution in [1.29, 1.82) is 0 Å². The first-order chi connectivity index (χ1) is 14.6. The average Bonchev–Trinajstić information content (AvgIpc) is 3.29. The van der Waals surface area contributed by atoms with Gasteiger partial charge in [-0.2, -0.15) is 0 Å². The molecular formula is C22H28N4O4. The fourth-order valence-electron chi connectivity index (χ4n) is 4.08. The number of aryl methyl sites for hydroxylation is 1. The summed E-state index contributed by atoms with van der Waals surface area (Å²) in [4.78, 5) is 27.3. The molecule has 1 aromatic carbocycles. The first-order valence-corrected chi connectivity index (χ1v) is 10.5. The highest BCUT2D eigenvalue weighted by Crippen LogP contribution is 2.34. The Morgan fingerprint density at radius 3 is 2.53 bits per heavy atom. The third-order valence-electron chi connectivity index (χ3n) is 5.70. The van der Waals surface area contributed by atoms with Gasteiger partial charge in [0, 0.05) is 37.2 Å². The van der Waals surface area contributed by atoms with Crippen molar-refractivity contribution in [3.8, 4) is 11.5 Å². The number of likely N-dealkylation sites (tertiary alicyclic amines) is 1. The first-order valence-electron chi connectivity index (χ1n) is 10.5. The van der Waals surface area contributed by atoms with Gasteiger partial charge in [-0.15, -0.1) is 0 Å². The van der Waals surface area contributed by atoms with E-state index in [0.29, 0.717) is 23.7 Å². The Morgan fingerprint density at radius 1 is 1.03 bits per heavy atom. The molecule has 0 spiro atoms. The van der Waals surface area contributed by atoms with Crippen LogP contribution in [-0.2, 0) is 16.6 Å². The molecule has 1 aromatic heterocycles. The molecule has 160 valence electrons. The number of nitrogens with zero attached hydrogens (tertiary/aromatic N) is 2. The van der Waals surface area contributed by atoms with Gasteiger partial charge < -0.3 is 24.7 Å². The molecule has 2 amide bonds. The summed E-state index contributed by atoms with van der Waals surface area (Å²) in [6.07, 6.45) is 6.79. The van der Waals surface area contributed by atoms with E-state index < -0.39 is 11.8 Å². The highest BCUT2D eigenvalue weighted by atomic mass is 16.7. The molecule has 2 N–H and O–H groups in total. The number of carbonyl (C=O) groups is 2. The lowest BCUT2D eigenvalue weighted by molar-refractivity contribution is -0.136. The number of aromatic nitrogens is 1. The molecular weight excluding hydrogens is 384 g/mol. The minimum atomic E-state index is -0.699. The number of hydrogen-bond donors (Lipinski definition) is 2. The summed E-state index contributed by atoms with van der Waals surface area (Å²) in [6, 6.07) is 9.16. The molecule has 4 rings (SSSR count). The van der Waals surface area contributed by atoms with Gasteiger partial charge in [-0.1, -0.05) is 12.8 Å². The summed E-state index contributed by atoms with van der Waals surface area (Å²) in [7, 11) is 2.01. The number of rotatable bonds is 5. The SMILES string of the molecule is Cn1cccc1C(CNC(=O)C(=O)Nc1ccc2c(c1)OCO2)N1CCCCCC1.